The molecule has 0 aliphatic carbocycles. The van der Waals surface area contributed by atoms with Gasteiger partial charge in [-0.15, -0.1) is 0 Å². The Morgan fingerprint density at radius 3 is 2.06 bits per heavy atom. The van der Waals surface area contributed by atoms with E-state index in [9.17, 15) is 14.4 Å². The van der Waals surface area contributed by atoms with Crippen LogP contribution in [0.4, 0.5) is 0 Å². The Morgan fingerprint density at radius 1 is 1.44 bits per heavy atom. The quantitative estimate of drug-likeness (QED) is 0.323. The normalized spacial score (nSPS) is 12.4. The first kappa shape index (κ1) is 20.8. The molecule has 0 saturated carbocycles. The van der Waals surface area contributed by atoms with Crippen molar-refractivity contribution in [3.63, 3.8) is 0 Å². The van der Waals surface area contributed by atoms with Crippen molar-refractivity contribution in [1.29, 1.82) is 0 Å². The molecule has 8 nitrogen and oxygen atoms in total. The number of hydrogen-bond acceptors (Lipinski definition) is 5. The summed E-state index contributed by atoms with van der Waals surface area (Å²) in [4.78, 5) is 32.3. The largest absolute Gasteiger partial charge is 0.664 e. The van der Waals surface area contributed by atoms with Gasteiger partial charge in [-0.05, 0) is 0 Å². The molecule has 1 atom stereocenters. The third kappa shape index (κ3) is 3.78. The summed E-state index contributed by atoms with van der Waals surface area (Å²) >= 11 is 0. The Hall–Kier alpha value is -0.566. The van der Waals surface area contributed by atoms with Crippen molar-refractivity contribution >= 4 is 17.8 Å². The molecular weight excluding hydrogens is 297 g/mol. The minimum atomic E-state index is -3.00. The molecule has 0 aromatic rings. The van der Waals surface area contributed by atoms with E-state index in [2.05, 4.69) is 4.74 Å². The number of carbonyl (C=O) groups excluding carboxylic acids is 2. The van der Waals surface area contributed by atoms with Gasteiger partial charge in [0.05, 0.1) is 0 Å². The Labute approximate surface area is 117 Å². The molecule has 4 N–H and O–H groups in total. The van der Waals surface area contributed by atoms with Gasteiger partial charge in [0.25, 0.3) is 11.5 Å². The van der Waals surface area contributed by atoms with Gasteiger partial charge in [-0.2, -0.15) is 0 Å². The van der Waals surface area contributed by atoms with Gasteiger partial charge < -0.3 is 38.2 Å². The maximum Gasteiger partial charge on any atom is 0.352 e. The number of carboxylic acid groups (broad SMARTS) is 1. The Morgan fingerprint density at radius 2 is 1.88 bits per heavy atom. The summed E-state index contributed by atoms with van der Waals surface area (Å²) in [5.41, 5.74) is 3.64. The number of nitrogens with one attached hydrogen (secondary N) is 2. The first-order valence-electron chi connectivity index (χ1n) is 3.40. The van der Waals surface area contributed by atoms with E-state index >= 15 is 0 Å². The van der Waals surface area contributed by atoms with Crippen LogP contribution in [0.25, 0.3) is 5.73 Å². The molecular formula is C7H12N2O6Y-2. The molecule has 9 heteroatoms. The molecule has 91 valence electrons. The van der Waals surface area contributed by atoms with E-state index in [1.165, 1.54) is 0 Å². The number of aliphatic hydroxyl groups is 1. The van der Waals surface area contributed by atoms with Crippen LogP contribution < -0.4 is 5.32 Å². The number of carboxylic acids is 1. The molecule has 16 heavy (non-hydrogen) atoms. The Balaban J connectivity index is -0.000000845. The fourth-order valence-electron chi connectivity index (χ4n) is 0.763. The topological polar surface area (TPSA) is 137 Å². The molecule has 0 fully saturated rings. The molecule has 0 saturated heterocycles. The summed E-state index contributed by atoms with van der Waals surface area (Å²) in [6, 6.07) is 0. The molecule has 0 rings (SSSR count). The number of carbonyl (C=O) groups is 3. The fourth-order valence-corrected chi connectivity index (χ4v) is 0.763. The molecule has 0 bridgehead atoms. The van der Waals surface area contributed by atoms with Crippen LogP contribution in [0.2, 0.25) is 0 Å². The summed E-state index contributed by atoms with van der Waals surface area (Å²) in [5, 5.41) is 18.8. The van der Waals surface area contributed by atoms with E-state index < -0.39 is 30.2 Å². The van der Waals surface area contributed by atoms with Gasteiger partial charge in [0.2, 0.25) is 0 Å². The van der Waals surface area contributed by atoms with Crippen LogP contribution in [0.1, 0.15) is 0 Å². The number of aliphatic hydroxyl groups excluding tert-OH is 1. The SMILES string of the molecule is CNC(=O)C(OCO)(C([NH-])=O)C(=O)O.[CH3-].[Y]. The predicted molar refractivity (Wildman–Crippen MR) is 48.3 cm³/mol. The molecule has 1 unspecified atom stereocenters. The summed E-state index contributed by atoms with van der Waals surface area (Å²) in [6.45, 7) is -1.16. The van der Waals surface area contributed by atoms with Crippen LogP contribution >= 0.6 is 0 Å². The van der Waals surface area contributed by atoms with Gasteiger partial charge >= 0.3 is 5.97 Å². The van der Waals surface area contributed by atoms with E-state index in [4.69, 9.17) is 15.9 Å². The van der Waals surface area contributed by atoms with Gasteiger partial charge in [0, 0.05) is 39.8 Å². The van der Waals surface area contributed by atoms with Gasteiger partial charge in [0.15, 0.2) is 0 Å². The van der Waals surface area contributed by atoms with Crippen molar-refractivity contribution in [2.75, 3.05) is 13.8 Å². The maximum atomic E-state index is 11.0. The zero-order valence-corrected chi connectivity index (χ0v) is 11.7. The maximum absolute atomic E-state index is 11.0. The molecule has 0 aliphatic heterocycles. The smallest absolute Gasteiger partial charge is 0.352 e. The van der Waals surface area contributed by atoms with E-state index in [1.807, 2.05) is 5.32 Å². The van der Waals surface area contributed by atoms with Crippen molar-refractivity contribution < 1.29 is 62.0 Å². The van der Waals surface area contributed by atoms with Crippen LogP contribution in [0, 0.1) is 7.43 Å². The molecule has 0 heterocycles. The van der Waals surface area contributed by atoms with Crippen LogP contribution in [-0.2, 0) is 51.8 Å². The van der Waals surface area contributed by atoms with Gasteiger partial charge in [0.1, 0.15) is 12.7 Å². The monoisotopic (exact) mass is 309 g/mol. The van der Waals surface area contributed by atoms with Crippen LogP contribution in [0.5, 0.6) is 0 Å². The summed E-state index contributed by atoms with van der Waals surface area (Å²) < 4.78 is 4.11. The van der Waals surface area contributed by atoms with Gasteiger partial charge in [-0.3, -0.25) is 4.79 Å². The van der Waals surface area contributed by atoms with E-state index in [0.717, 1.165) is 7.05 Å². The number of hydrogen-bond donors (Lipinski definition) is 3. The molecule has 2 amide bonds. The van der Waals surface area contributed by atoms with Crippen LogP contribution in [0.3, 0.4) is 0 Å². The second-order valence-electron chi connectivity index (χ2n) is 2.17. The summed E-state index contributed by atoms with van der Waals surface area (Å²) in [7, 11) is 1.07. The minimum absolute atomic E-state index is 0. The van der Waals surface area contributed by atoms with E-state index in [0.29, 0.717) is 0 Å². The number of ether oxygens (including phenoxy) is 1. The summed E-state index contributed by atoms with van der Waals surface area (Å²) in [5.74, 6) is -5.04. The van der Waals surface area contributed by atoms with Crippen molar-refractivity contribution in [3.8, 4) is 0 Å². The van der Waals surface area contributed by atoms with E-state index in [-0.39, 0.29) is 40.1 Å². The van der Waals surface area contributed by atoms with Crippen molar-refractivity contribution in [2.45, 2.75) is 5.60 Å². The standard InChI is InChI=1S/C6H10N2O6.CH3.Y/c1-8-4(11)6(3(7)10,5(12)13)14-2-9;;/h9H,2H2,1H3,(H4,7,8,10,11,12,13);1H3;/q;-1;/p-1. The zero-order valence-electron chi connectivity index (χ0n) is 8.81. The number of likely N-dealkylation sites (N-methyl/N-ethyl adjacent to an activating group) is 1. The predicted octanol–water partition coefficient (Wildman–Crippen LogP) is -1.45. The van der Waals surface area contributed by atoms with Crippen LogP contribution in [0.15, 0.2) is 0 Å². The molecule has 0 spiro atoms. The van der Waals surface area contributed by atoms with Crippen LogP contribution in [-0.4, -0.2) is 47.4 Å². The number of aliphatic carboxylic acids is 1. The van der Waals surface area contributed by atoms with Crippen molar-refractivity contribution in [3.05, 3.63) is 13.2 Å². The third-order valence-electron chi connectivity index (χ3n) is 1.45. The number of rotatable bonds is 5. The average molecular weight is 309 g/mol. The minimum Gasteiger partial charge on any atom is -0.664 e. The average Bonchev–Trinajstić information content (AvgIpc) is 2.11. The fraction of sp³-hybridized carbons (Fsp3) is 0.429. The van der Waals surface area contributed by atoms with Crippen molar-refractivity contribution in [2.24, 2.45) is 0 Å². The Kier molecular flexibility index (Phi) is 11.1. The zero-order chi connectivity index (χ0) is 11.4. The van der Waals surface area contributed by atoms with Gasteiger partial charge in [-0.25, -0.2) is 4.79 Å². The van der Waals surface area contributed by atoms with Gasteiger partial charge in [-0.1, -0.05) is 0 Å². The first-order chi connectivity index (χ1) is 6.43. The molecule has 0 aliphatic rings. The van der Waals surface area contributed by atoms with Crippen molar-refractivity contribution in [1.82, 2.24) is 5.32 Å². The second-order valence-corrected chi connectivity index (χ2v) is 2.17. The third-order valence-corrected chi connectivity index (χ3v) is 1.45. The summed E-state index contributed by atoms with van der Waals surface area (Å²) in [6.07, 6.45) is 0. The number of amides is 2. The molecule has 0 aromatic heterocycles. The molecule has 0 aromatic carbocycles. The molecule has 1 radical (unpaired) electrons. The second kappa shape index (κ2) is 8.57. The first-order valence-corrected chi connectivity index (χ1v) is 3.40. The Bertz CT molecular complexity index is 256. The van der Waals surface area contributed by atoms with E-state index in [1.54, 1.807) is 0 Å².